The topological polar surface area (TPSA) is 125 Å². The van der Waals surface area contributed by atoms with Crippen molar-refractivity contribution in [3.8, 4) is 0 Å². The van der Waals surface area contributed by atoms with Crippen LogP contribution in [0.4, 0.5) is 4.79 Å². The molecule has 1 unspecified atom stereocenters. The molecule has 3 heterocycles. The van der Waals surface area contributed by atoms with Gasteiger partial charge < -0.3 is 25.5 Å². The molecule has 3 rings (SSSR count). The first-order valence-corrected chi connectivity index (χ1v) is 8.86. The van der Waals surface area contributed by atoms with E-state index in [0.29, 0.717) is 28.6 Å². The smallest absolute Gasteiger partial charge is 0.319 e. The fourth-order valence-electron chi connectivity index (χ4n) is 3.06. The Labute approximate surface area is 157 Å². The fraction of sp³-hybridized carbons (Fsp3) is 0.444. The van der Waals surface area contributed by atoms with E-state index in [1.807, 2.05) is 13.0 Å². The third kappa shape index (κ3) is 4.18. The first-order chi connectivity index (χ1) is 12.8. The van der Waals surface area contributed by atoms with E-state index in [1.165, 1.54) is 6.33 Å². The van der Waals surface area contributed by atoms with Gasteiger partial charge >= 0.3 is 6.03 Å². The number of aromatic amines is 1. The van der Waals surface area contributed by atoms with Gasteiger partial charge in [-0.3, -0.25) is 4.79 Å². The molecule has 3 amide bonds. The Kier molecular flexibility index (Phi) is 5.29. The monoisotopic (exact) mass is 372 g/mol. The third-order valence-electron chi connectivity index (χ3n) is 4.30. The van der Waals surface area contributed by atoms with Gasteiger partial charge in [0.2, 0.25) is 0 Å². The lowest BCUT2D eigenvalue weighted by atomic mass is 9.98. The van der Waals surface area contributed by atoms with Crippen LogP contribution < -0.4 is 16.0 Å². The second-order valence-corrected chi connectivity index (χ2v) is 7.05. The van der Waals surface area contributed by atoms with Crippen molar-refractivity contribution >= 4 is 11.9 Å². The van der Waals surface area contributed by atoms with Crippen LogP contribution in [-0.2, 0) is 17.8 Å². The Morgan fingerprint density at radius 3 is 2.81 bits per heavy atom. The second-order valence-electron chi connectivity index (χ2n) is 7.05. The lowest BCUT2D eigenvalue weighted by Gasteiger charge is -2.27. The summed E-state index contributed by atoms with van der Waals surface area (Å²) in [6.07, 6.45) is 2.33. The number of aromatic nitrogens is 3. The highest BCUT2D eigenvalue weighted by atomic mass is 16.5. The predicted octanol–water partition coefficient (Wildman–Crippen LogP) is 1.85. The summed E-state index contributed by atoms with van der Waals surface area (Å²) in [5.41, 5.74) is 2.95. The van der Waals surface area contributed by atoms with Gasteiger partial charge in [-0.1, -0.05) is 19.0 Å². The molecule has 27 heavy (non-hydrogen) atoms. The molecule has 9 heteroatoms. The number of hydrogen-bond donors (Lipinski definition) is 4. The molecule has 2 aromatic rings. The molecule has 1 aliphatic heterocycles. The van der Waals surface area contributed by atoms with Gasteiger partial charge in [0, 0.05) is 23.9 Å². The van der Waals surface area contributed by atoms with Crippen LogP contribution in [-0.4, -0.2) is 27.1 Å². The van der Waals surface area contributed by atoms with Crippen molar-refractivity contribution in [2.45, 2.75) is 46.7 Å². The first-order valence-electron chi connectivity index (χ1n) is 8.86. The first kappa shape index (κ1) is 18.7. The van der Waals surface area contributed by atoms with E-state index in [9.17, 15) is 9.59 Å². The lowest BCUT2D eigenvalue weighted by molar-refractivity contribution is -0.118. The molecule has 0 bridgehead atoms. The number of nitrogens with one attached hydrogen (secondary N) is 4. The third-order valence-corrected chi connectivity index (χ3v) is 4.30. The summed E-state index contributed by atoms with van der Waals surface area (Å²) in [5, 5.41) is 12.2. The van der Waals surface area contributed by atoms with Crippen molar-refractivity contribution in [2.24, 2.45) is 5.92 Å². The molecule has 0 saturated carbocycles. The maximum atomic E-state index is 12.8. The number of H-pyrrole nitrogens is 1. The van der Waals surface area contributed by atoms with Gasteiger partial charge in [-0.15, -0.1) is 0 Å². The highest BCUT2D eigenvalue weighted by Gasteiger charge is 2.33. The standard InChI is InChI=1S/C18H24N6O3/c1-9(2)5-13-6-12(24-27-13)7-19-17(25)14-10(3)22-18(26)23-16(14)15-11(4)20-8-21-15/h6,8-9,16H,5,7H2,1-4H3,(H,19,25)(H,20,21)(H2,22,23,26). The van der Waals surface area contributed by atoms with E-state index in [4.69, 9.17) is 4.52 Å². The molecule has 1 aliphatic rings. The van der Waals surface area contributed by atoms with Crippen molar-refractivity contribution in [1.82, 2.24) is 31.1 Å². The van der Waals surface area contributed by atoms with E-state index < -0.39 is 6.04 Å². The Balaban J connectivity index is 1.75. The molecule has 0 radical (unpaired) electrons. The number of rotatable bonds is 6. The van der Waals surface area contributed by atoms with Gasteiger partial charge in [-0.2, -0.15) is 0 Å². The molecule has 144 valence electrons. The van der Waals surface area contributed by atoms with E-state index in [1.54, 1.807) is 6.92 Å². The minimum atomic E-state index is -0.626. The maximum Gasteiger partial charge on any atom is 0.319 e. The fourth-order valence-corrected chi connectivity index (χ4v) is 3.06. The van der Waals surface area contributed by atoms with Crippen molar-refractivity contribution in [3.63, 3.8) is 0 Å². The molecule has 0 fully saturated rings. The van der Waals surface area contributed by atoms with Gasteiger partial charge in [-0.25, -0.2) is 9.78 Å². The van der Waals surface area contributed by atoms with Crippen molar-refractivity contribution in [2.75, 3.05) is 0 Å². The molecular weight excluding hydrogens is 348 g/mol. The number of allylic oxidation sites excluding steroid dienone is 1. The number of nitrogens with zero attached hydrogens (tertiary/aromatic N) is 2. The molecule has 2 aromatic heterocycles. The van der Waals surface area contributed by atoms with Crippen LogP contribution in [0.15, 0.2) is 28.2 Å². The van der Waals surface area contributed by atoms with Gasteiger partial charge in [0.1, 0.15) is 17.5 Å². The molecule has 0 aliphatic carbocycles. The molecule has 4 N–H and O–H groups in total. The normalized spacial score (nSPS) is 17.1. The summed E-state index contributed by atoms with van der Waals surface area (Å²) in [6, 6.07) is 0.850. The van der Waals surface area contributed by atoms with Gasteiger partial charge in [-0.05, 0) is 19.8 Å². The second kappa shape index (κ2) is 7.65. The van der Waals surface area contributed by atoms with Crippen LogP contribution in [0.2, 0.25) is 0 Å². The zero-order chi connectivity index (χ0) is 19.6. The molecule has 0 aromatic carbocycles. The number of hydrogen-bond acceptors (Lipinski definition) is 5. The number of urea groups is 1. The van der Waals surface area contributed by atoms with E-state index in [0.717, 1.165) is 17.9 Å². The summed E-state index contributed by atoms with van der Waals surface area (Å²) in [5.74, 6) is 0.949. The number of carbonyl (C=O) groups excluding carboxylic acids is 2. The number of imidazole rings is 1. The van der Waals surface area contributed by atoms with E-state index in [-0.39, 0.29) is 18.5 Å². The van der Waals surface area contributed by atoms with Crippen molar-refractivity contribution < 1.29 is 14.1 Å². The summed E-state index contributed by atoms with van der Waals surface area (Å²) in [4.78, 5) is 31.9. The highest BCUT2D eigenvalue weighted by molar-refractivity contribution is 5.98. The molecule has 9 nitrogen and oxygen atoms in total. The largest absolute Gasteiger partial charge is 0.361 e. The van der Waals surface area contributed by atoms with Crippen LogP contribution in [0.3, 0.4) is 0 Å². The summed E-state index contributed by atoms with van der Waals surface area (Å²) < 4.78 is 5.29. The number of aryl methyl sites for hydroxylation is 1. The lowest BCUT2D eigenvalue weighted by Crippen LogP contribution is -2.47. The SMILES string of the molecule is CC1=C(C(=O)NCc2cc(CC(C)C)on2)C(c2nc[nH]c2C)NC(=O)N1. The quantitative estimate of drug-likeness (QED) is 0.616. The van der Waals surface area contributed by atoms with Crippen molar-refractivity contribution in [3.05, 3.63) is 46.5 Å². The van der Waals surface area contributed by atoms with Gasteiger partial charge in [0.05, 0.1) is 24.1 Å². The summed E-state index contributed by atoms with van der Waals surface area (Å²) in [7, 11) is 0. The number of carbonyl (C=O) groups is 2. The molecular formula is C18H24N6O3. The highest BCUT2D eigenvalue weighted by Crippen LogP contribution is 2.27. The minimum Gasteiger partial charge on any atom is -0.361 e. The van der Waals surface area contributed by atoms with Crippen LogP contribution in [0.5, 0.6) is 0 Å². The zero-order valence-electron chi connectivity index (χ0n) is 15.8. The predicted molar refractivity (Wildman–Crippen MR) is 97.3 cm³/mol. The summed E-state index contributed by atoms with van der Waals surface area (Å²) in [6.45, 7) is 7.96. The average Bonchev–Trinajstić information content (AvgIpc) is 3.20. The summed E-state index contributed by atoms with van der Waals surface area (Å²) >= 11 is 0. The molecule has 0 spiro atoms. The minimum absolute atomic E-state index is 0.234. The van der Waals surface area contributed by atoms with Crippen LogP contribution in [0.25, 0.3) is 0 Å². The zero-order valence-corrected chi connectivity index (χ0v) is 15.8. The Morgan fingerprint density at radius 2 is 2.15 bits per heavy atom. The van der Waals surface area contributed by atoms with Crippen LogP contribution >= 0.6 is 0 Å². The van der Waals surface area contributed by atoms with Crippen LogP contribution in [0.1, 0.15) is 49.7 Å². The van der Waals surface area contributed by atoms with E-state index >= 15 is 0 Å². The Morgan fingerprint density at radius 1 is 1.37 bits per heavy atom. The molecule has 1 atom stereocenters. The number of amides is 3. The average molecular weight is 372 g/mol. The molecule has 0 saturated heterocycles. The van der Waals surface area contributed by atoms with E-state index in [2.05, 4.69) is 44.9 Å². The van der Waals surface area contributed by atoms with Gasteiger partial charge in [0.25, 0.3) is 5.91 Å². The maximum absolute atomic E-state index is 12.8. The van der Waals surface area contributed by atoms with Gasteiger partial charge in [0.15, 0.2) is 0 Å². The Bertz CT molecular complexity index is 879. The Hall–Kier alpha value is -3.10. The van der Waals surface area contributed by atoms with Crippen molar-refractivity contribution in [1.29, 1.82) is 0 Å². The van der Waals surface area contributed by atoms with Crippen LogP contribution in [0, 0.1) is 12.8 Å².